The maximum absolute atomic E-state index is 15.9. The van der Waals surface area contributed by atoms with Gasteiger partial charge in [0.15, 0.2) is 11.6 Å². The van der Waals surface area contributed by atoms with Crippen LogP contribution < -0.4 is 10.2 Å². The molecule has 1 spiro atoms. The molecule has 4 fully saturated rings. The minimum Gasteiger partial charge on any atom is -0.377 e. The molecule has 1 N–H and O–H groups in total. The summed E-state index contributed by atoms with van der Waals surface area (Å²) >= 11 is 0. The minimum absolute atomic E-state index is 0.112. The summed E-state index contributed by atoms with van der Waals surface area (Å²) in [6.45, 7) is 17.7. The van der Waals surface area contributed by atoms with Crippen molar-refractivity contribution < 1.29 is 8.78 Å². The third-order valence-electron chi connectivity index (χ3n) is 8.87. The van der Waals surface area contributed by atoms with Gasteiger partial charge in [0.2, 0.25) is 0 Å². The van der Waals surface area contributed by atoms with E-state index in [1.165, 1.54) is 23.6 Å². The average Bonchev–Trinajstić information content (AvgIpc) is 3.11. The van der Waals surface area contributed by atoms with Gasteiger partial charge in [-0.2, -0.15) is 5.10 Å². The van der Waals surface area contributed by atoms with Gasteiger partial charge in [0.25, 0.3) is 0 Å². The van der Waals surface area contributed by atoms with Gasteiger partial charge >= 0.3 is 0 Å². The number of benzene rings is 1. The van der Waals surface area contributed by atoms with Crippen LogP contribution in [0.3, 0.4) is 0 Å². The summed E-state index contributed by atoms with van der Waals surface area (Å²) in [5.74, 6) is 0.850. The number of nitrogens with zero attached hydrogens (tertiary/aromatic N) is 5. The second kappa shape index (κ2) is 8.61. The minimum atomic E-state index is -0.470. The van der Waals surface area contributed by atoms with Gasteiger partial charge in [-0.15, -0.1) is 0 Å². The Morgan fingerprint density at radius 3 is 2.56 bits per heavy atom. The zero-order chi connectivity index (χ0) is 25.2. The fraction of sp³-hybridized carbons (Fsp3) is 0.536. The van der Waals surface area contributed by atoms with Crippen molar-refractivity contribution in [3.05, 3.63) is 60.7 Å². The Morgan fingerprint density at radius 1 is 1.17 bits per heavy atom. The van der Waals surface area contributed by atoms with Gasteiger partial charge in [-0.1, -0.05) is 19.7 Å². The van der Waals surface area contributed by atoms with Crippen LogP contribution in [0.1, 0.15) is 43.6 Å². The summed E-state index contributed by atoms with van der Waals surface area (Å²) < 4.78 is 32.9. The standard InChI is InChI=1S/C28H36F2N6/c1-5-34-16-28(17-34)13-20(14-28)15-35-9-7-21(8-10-35)24-23(29)12-22-26(25(24)30)33(4)32-27(22)36-11-6-18(2)31-19(36)3/h5,12,20-21,31H,1-3,6-11,13-17H2,4H3. The number of hydrogen-bond donors (Lipinski definition) is 1. The summed E-state index contributed by atoms with van der Waals surface area (Å²) in [5, 5.41) is 8.17. The lowest BCUT2D eigenvalue weighted by atomic mass is 9.57. The highest BCUT2D eigenvalue weighted by Crippen LogP contribution is 2.52. The third-order valence-corrected chi connectivity index (χ3v) is 8.87. The highest BCUT2D eigenvalue weighted by atomic mass is 19.1. The SMILES string of the molecule is C=CN1CC2(CC(CN3CCC(c4c(F)cc5c(N6CCC(=C)NC6=C)nn(C)c5c4F)CC3)C2)C1. The molecule has 2 aromatic rings. The van der Waals surface area contributed by atoms with E-state index in [0.29, 0.717) is 40.9 Å². The molecule has 6 rings (SSSR count). The van der Waals surface area contributed by atoms with Gasteiger partial charge in [0, 0.05) is 56.3 Å². The molecule has 1 aromatic carbocycles. The predicted molar refractivity (Wildman–Crippen MR) is 139 cm³/mol. The maximum atomic E-state index is 15.9. The molecule has 0 amide bonds. The van der Waals surface area contributed by atoms with Crippen molar-refractivity contribution in [1.29, 1.82) is 0 Å². The van der Waals surface area contributed by atoms with E-state index in [0.717, 1.165) is 57.2 Å². The second-order valence-corrected chi connectivity index (χ2v) is 11.4. The van der Waals surface area contributed by atoms with Crippen LogP contribution in [0.2, 0.25) is 0 Å². The van der Waals surface area contributed by atoms with Gasteiger partial charge in [-0.05, 0) is 62.9 Å². The summed E-state index contributed by atoms with van der Waals surface area (Å²) in [4.78, 5) is 6.66. The smallest absolute Gasteiger partial charge is 0.164 e. The van der Waals surface area contributed by atoms with Crippen LogP contribution in [-0.4, -0.2) is 58.8 Å². The highest BCUT2D eigenvalue weighted by Gasteiger charge is 2.51. The number of anilines is 1. The number of piperidine rings is 1. The fourth-order valence-electron chi connectivity index (χ4n) is 7.15. The second-order valence-electron chi connectivity index (χ2n) is 11.4. The molecule has 0 unspecified atom stereocenters. The molecule has 4 aliphatic rings. The summed E-state index contributed by atoms with van der Waals surface area (Å²) in [7, 11) is 1.72. The van der Waals surface area contributed by atoms with Crippen molar-refractivity contribution in [3.63, 3.8) is 0 Å². The molecule has 3 aliphatic heterocycles. The lowest BCUT2D eigenvalue weighted by Crippen LogP contribution is -2.61. The lowest BCUT2D eigenvalue weighted by molar-refractivity contribution is -0.0799. The fourth-order valence-corrected chi connectivity index (χ4v) is 7.15. The van der Waals surface area contributed by atoms with Gasteiger partial charge < -0.3 is 20.0 Å². The molecule has 192 valence electrons. The Hall–Kier alpha value is -2.87. The van der Waals surface area contributed by atoms with Crippen molar-refractivity contribution in [3.8, 4) is 0 Å². The van der Waals surface area contributed by atoms with Crippen LogP contribution in [0.15, 0.2) is 43.5 Å². The molecule has 0 bridgehead atoms. The molecule has 36 heavy (non-hydrogen) atoms. The molecule has 1 saturated carbocycles. The largest absolute Gasteiger partial charge is 0.377 e. The number of hydrogen-bond acceptors (Lipinski definition) is 5. The molecule has 6 nitrogen and oxygen atoms in total. The Labute approximate surface area is 211 Å². The Kier molecular flexibility index (Phi) is 5.63. The van der Waals surface area contributed by atoms with Crippen LogP contribution in [-0.2, 0) is 7.05 Å². The first-order valence-electron chi connectivity index (χ1n) is 13.1. The van der Waals surface area contributed by atoms with Gasteiger partial charge in [-0.3, -0.25) is 4.68 Å². The van der Waals surface area contributed by atoms with Crippen LogP contribution in [0.4, 0.5) is 14.6 Å². The third kappa shape index (κ3) is 3.81. The lowest BCUT2D eigenvalue weighted by Gasteiger charge is -2.59. The number of nitrogens with one attached hydrogen (secondary N) is 1. The maximum Gasteiger partial charge on any atom is 0.164 e. The topological polar surface area (TPSA) is 39.6 Å². The molecule has 0 radical (unpaired) electrons. The van der Waals surface area contributed by atoms with Crippen LogP contribution in [0.25, 0.3) is 10.9 Å². The molecular weight excluding hydrogens is 458 g/mol. The van der Waals surface area contributed by atoms with E-state index in [4.69, 9.17) is 0 Å². The van der Waals surface area contributed by atoms with Crippen LogP contribution in [0.5, 0.6) is 0 Å². The van der Waals surface area contributed by atoms with Crippen molar-refractivity contribution >= 4 is 16.7 Å². The molecule has 0 atom stereocenters. The van der Waals surface area contributed by atoms with Crippen molar-refractivity contribution in [2.24, 2.45) is 18.4 Å². The first kappa shape index (κ1) is 23.5. The van der Waals surface area contributed by atoms with E-state index < -0.39 is 11.6 Å². The first-order valence-corrected chi connectivity index (χ1v) is 13.1. The highest BCUT2D eigenvalue weighted by molar-refractivity contribution is 5.92. The van der Waals surface area contributed by atoms with E-state index in [1.54, 1.807) is 7.05 Å². The van der Waals surface area contributed by atoms with Crippen molar-refractivity contribution in [1.82, 2.24) is 24.9 Å². The van der Waals surface area contributed by atoms with E-state index >= 15 is 8.78 Å². The van der Waals surface area contributed by atoms with Crippen molar-refractivity contribution in [2.75, 3.05) is 44.2 Å². The number of fused-ring (bicyclic) bond motifs is 1. The Bertz CT molecular complexity index is 1230. The Balaban J connectivity index is 1.14. The molecule has 8 heteroatoms. The summed E-state index contributed by atoms with van der Waals surface area (Å²) in [6, 6.07) is 1.47. The number of likely N-dealkylation sites (tertiary alicyclic amines) is 2. The quantitative estimate of drug-likeness (QED) is 0.654. The van der Waals surface area contributed by atoms with E-state index in [2.05, 4.69) is 40.0 Å². The van der Waals surface area contributed by atoms with E-state index in [1.807, 2.05) is 11.1 Å². The van der Waals surface area contributed by atoms with Gasteiger partial charge in [-0.25, -0.2) is 8.78 Å². The van der Waals surface area contributed by atoms with Gasteiger partial charge in [0.1, 0.15) is 17.2 Å². The van der Waals surface area contributed by atoms with E-state index in [9.17, 15) is 0 Å². The van der Waals surface area contributed by atoms with E-state index in [-0.39, 0.29) is 11.5 Å². The number of rotatable bonds is 5. The molecule has 1 aromatic heterocycles. The zero-order valence-electron chi connectivity index (χ0n) is 21.2. The summed E-state index contributed by atoms with van der Waals surface area (Å²) in [5.41, 5.74) is 1.99. The summed E-state index contributed by atoms with van der Waals surface area (Å²) in [6.07, 6.45) is 6.82. The zero-order valence-corrected chi connectivity index (χ0v) is 21.2. The first-order chi connectivity index (χ1) is 17.3. The monoisotopic (exact) mass is 494 g/mol. The van der Waals surface area contributed by atoms with Crippen LogP contribution in [0, 0.1) is 23.0 Å². The van der Waals surface area contributed by atoms with Gasteiger partial charge in [0.05, 0.1) is 5.39 Å². The number of aromatic nitrogens is 2. The van der Waals surface area contributed by atoms with Crippen LogP contribution >= 0.6 is 0 Å². The average molecular weight is 495 g/mol. The normalized spacial score (nSPS) is 23.2. The Morgan fingerprint density at radius 2 is 1.89 bits per heavy atom. The number of halogens is 2. The number of aryl methyl sites for hydroxylation is 1. The molecule has 3 saturated heterocycles. The molecule has 4 heterocycles. The van der Waals surface area contributed by atoms with Crippen molar-refractivity contribution in [2.45, 2.75) is 38.0 Å². The molecular formula is C28H36F2N6. The molecule has 1 aliphatic carbocycles. The predicted octanol–water partition coefficient (Wildman–Crippen LogP) is 4.67.